The molecule has 0 bridgehead atoms. The summed E-state index contributed by atoms with van der Waals surface area (Å²) in [7, 11) is 0. The van der Waals surface area contributed by atoms with Gasteiger partial charge in [-0.1, -0.05) is 20.8 Å². The van der Waals surface area contributed by atoms with Gasteiger partial charge in [-0.3, -0.25) is 9.59 Å². The fourth-order valence-corrected chi connectivity index (χ4v) is 3.57. The Hall–Kier alpha value is -3.43. The number of amides is 2. The molecule has 0 saturated carbocycles. The molecular weight excluding hydrogens is 447 g/mol. The predicted molar refractivity (Wildman–Crippen MR) is 123 cm³/mol. The molecule has 3 aromatic rings. The van der Waals surface area contributed by atoms with Crippen LogP contribution in [0.2, 0.25) is 0 Å². The summed E-state index contributed by atoms with van der Waals surface area (Å²) >= 11 is 0. The number of carbonyl (C=O) groups excluding carboxylic acids is 2. The number of nitrogens with one attached hydrogen (secondary N) is 1. The van der Waals surface area contributed by atoms with Crippen LogP contribution in [0.5, 0.6) is 0 Å². The van der Waals surface area contributed by atoms with E-state index in [4.69, 9.17) is 0 Å². The van der Waals surface area contributed by atoms with E-state index < -0.39 is 41.5 Å². The van der Waals surface area contributed by atoms with Crippen molar-refractivity contribution in [3.63, 3.8) is 0 Å². The number of carbonyl (C=O) groups is 2. The summed E-state index contributed by atoms with van der Waals surface area (Å²) in [5.41, 5.74) is 1.15. The zero-order chi connectivity index (χ0) is 25.2. The van der Waals surface area contributed by atoms with Gasteiger partial charge in [0.25, 0.3) is 5.91 Å². The van der Waals surface area contributed by atoms with Crippen molar-refractivity contribution in [1.82, 2.24) is 19.7 Å². The second-order valence-electron chi connectivity index (χ2n) is 8.67. The first kappa shape index (κ1) is 25.2. The van der Waals surface area contributed by atoms with Crippen LogP contribution in [0.25, 0.3) is 11.0 Å². The van der Waals surface area contributed by atoms with Gasteiger partial charge in [-0.2, -0.15) is 5.10 Å². The highest BCUT2D eigenvalue weighted by molar-refractivity contribution is 6.07. The molecule has 0 radical (unpaired) electrons. The van der Waals surface area contributed by atoms with E-state index in [1.165, 1.54) is 4.90 Å². The summed E-state index contributed by atoms with van der Waals surface area (Å²) < 4.78 is 42.4. The highest BCUT2D eigenvalue weighted by atomic mass is 19.2. The Labute approximate surface area is 196 Å². The Morgan fingerprint density at radius 3 is 2.44 bits per heavy atom. The maximum absolute atomic E-state index is 14.0. The van der Waals surface area contributed by atoms with Gasteiger partial charge in [-0.05, 0) is 44.4 Å². The molecule has 0 atom stereocenters. The number of aromatic nitrogens is 3. The first-order chi connectivity index (χ1) is 16.0. The molecule has 0 fully saturated rings. The molecule has 0 aliphatic rings. The van der Waals surface area contributed by atoms with E-state index in [-0.39, 0.29) is 18.5 Å². The van der Waals surface area contributed by atoms with Crippen molar-refractivity contribution in [2.24, 2.45) is 0 Å². The Bertz CT molecular complexity index is 1220. The van der Waals surface area contributed by atoms with E-state index in [2.05, 4.69) is 15.4 Å². The average molecular weight is 476 g/mol. The van der Waals surface area contributed by atoms with Crippen molar-refractivity contribution >= 4 is 28.5 Å². The largest absolute Gasteiger partial charge is 0.329 e. The molecule has 182 valence electrons. The van der Waals surface area contributed by atoms with E-state index in [0.717, 1.165) is 12.1 Å². The van der Waals surface area contributed by atoms with Crippen LogP contribution in [-0.4, -0.2) is 44.6 Å². The van der Waals surface area contributed by atoms with Gasteiger partial charge >= 0.3 is 0 Å². The number of halogens is 3. The minimum Gasteiger partial charge on any atom is -0.329 e. The van der Waals surface area contributed by atoms with Gasteiger partial charge in [0.2, 0.25) is 5.91 Å². The maximum atomic E-state index is 14.0. The lowest BCUT2D eigenvalue weighted by molar-refractivity contribution is -0.116. The molecule has 3 rings (SSSR count). The number of rotatable bonds is 8. The first-order valence-electron chi connectivity index (χ1n) is 11.2. The number of anilines is 1. The molecule has 0 saturated heterocycles. The molecule has 0 spiro atoms. The van der Waals surface area contributed by atoms with Crippen LogP contribution in [0.3, 0.4) is 0 Å². The van der Waals surface area contributed by atoms with Crippen LogP contribution < -0.4 is 5.32 Å². The summed E-state index contributed by atoms with van der Waals surface area (Å²) in [4.78, 5) is 32.2. The highest BCUT2D eigenvalue weighted by Gasteiger charge is 2.25. The monoisotopic (exact) mass is 475 g/mol. The Balaban J connectivity index is 1.94. The SMILES string of the molecule is CCCN(CC(=O)Nc1ccc(F)c(F)c1F)C(=O)c1cc(C(C)C)nc2c1cnn2C(C)C. The fourth-order valence-electron chi connectivity index (χ4n) is 3.57. The zero-order valence-electron chi connectivity index (χ0n) is 19.8. The molecule has 1 aromatic carbocycles. The third kappa shape index (κ3) is 5.05. The van der Waals surface area contributed by atoms with E-state index in [0.29, 0.717) is 28.7 Å². The average Bonchev–Trinajstić information content (AvgIpc) is 3.22. The third-order valence-corrected chi connectivity index (χ3v) is 5.32. The summed E-state index contributed by atoms with van der Waals surface area (Å²) in [5, 5.41) is 7.16. The van der Waals surface area contributed by atoms with Crippen molar-refractivity contribution in [3.8, 4) is 0 Å². The number of fused-ring (bicyclic) bond motifs is 1. The minimum atomic E-state index is -1.68. The third-order valence-electron chi connectivity index (χ3n) is 5.32. The van der Waals surface area contributed by atoms with E-state index in [9.17, 15) is 22.8 Å². The van der Waals surface area contributed by atoms with Crippen molar-refractivity contribution in [2.45, 2.75) is 53.0 Å². The van der Waals surface area contributed by atoms with Gasteiger partial charge in [-0.25, -0.2) is 22.8 Å². The van der Waals surface area contributed by atoms with Crippen molar-refractivity contribution in [2.75, 3.05) is 18.4 Å². The number of nitrogens with zero attached hydrogens (tertiary/aromatic N) is 4. The summed E-state index contributed by atoms with van der Waals surface area (Å²) in [6, 6.07) is 3.38. The topological polar surface area (TPSA) is 80.1 Å². The molecule has 1 N–H and O–H groups in total. The van der Waals surface area contributed by atoms with Crippen LogP contribution in [0.1, 0.15) is 69.1 Å². The molecule has 34 heavy (non-hydrogen) atoms. The van der Waals surface area contributed by atoms with Gasteiger partial charge in [0.05, 0.1) is 22.8 Å². The molecule has 2 amide bonds. The van der Waals surface area contributed by atoms with Crippen LogP contribution in [0, 0.1) is 17.5 Å². The predicted octanol–water partition coefficient (Wildman–Crippen LogP) is 5.04. The van der Waals surface area contributed by atoms with E-state index in [1.807, 2.05) is 34.6 Å². The van der Waals surface area contributed by atoms with Gasteiger partial charge in [0.15, 0.2) is 23.1 Å². The summed E-state index contributed by atoms with van der Waals surface area (Å²) in [5.74, 6) is -5.63. The van der Waals surface area contributed by atoms with Gasteiger partial charge in [0, 0.05) is 18.3 Å². The van der Waals surface area contributed by atoms with Crippen LogP contribution in [0.4, 0.5) is 18.9 Å². The standard InChI is InChI=1S/C24H28F3N5O2/c1-6-9-31(12-20(33)29-18-8-7-17(25)21(26)22(18)27)24(34)15-10-19(13(2)3)30-23-16(15)11-28-32(23)14(4)5/h7-8,10-11,13-14H,6,9,12H2,1-5H3,(H,29,33). The molecule has 0 unspecified atom stereocenters. The Morgan fingerprint density at radius 1 is 1.12 bits per heavy atom. The smallest absolute Gasteiger partial charge is 0.255 e. The van der Waals surface area contributed by atoms with Gasteiger partial charge < -0.3 is 10.2 Å². The lowest BCUT2D eigenvalue weighted by Gasteiger charge is -2.23. The quantitative estimate of drug-likeness (QED) is 0.463. The normalized spacial score (nSPS) is 11.5. The molecule has 10 heteroatoms. The summed E-state index contributed by atoms with van der Waals surface area (Å²) in [6.45, 7) is 9.56. The molecular formula is C24H28F3N5O2. The molecule has 0 aliphatic carbocycles. The number of benzene rings is 1. The lowest BCUT2D eigenvalue weighted by Crippen LogP contribution is -2.38. The van der Waals surface area contributed by atoms with E-state index in [1.54, 1.807) is 16.9 Å². The number of hydrogen-bond acceptors (Lipinski definition) is 4. The molecule has 2 aromatic heterocycles. The minimum absolute atomic E-state index is 0.0267. The Morgan fingerprint density at radius 2 is 1.82 bits per heavy atom. The maximum Gasteiger partial charge on any atom is 0.255 e. The molecule has 0 aliphatic heterocycles. The van der Waals surface area contributed by atoms with Gasteiger partial charge in [0.1, 0.15) is 6.54 Å². The first-order valence-corrected chi connectivity index (χ1v) is 11.2. The Kier molecular flexibility index (Phi) is 7.58. The molecule has 2 heterocycles. The van der Waals surface area contributed by atoms with E-state index >= 15 is 0 Å². The van der Waals surface area contributed by atoms with Crippen molar-refractivity contribution in [3.05, 3.63) is 53.1 Å². The number of hydrogen-bond donors (Lipinski definition) is 1. The van der Waals surface area contributed by atoms with Gasteiger partial charge in [-0.15, -0.1) is 0 Å². The van der Waals surface area contributed by atoms with Crippen molar-refractivity contribution < 1.29 is 22.8 Å². The van der Waals surface area contributed by atoms with Crippen LogP contribution >= 0.6 is 0 Å². The second-order valence-corrected chi connectivity index (χ2v) is 8.67. The van der Waals surface area contributed by atoms with Crippen LogP contribution in [-0.2, 0) is 4.79 Å². The lowest BCUT2D eigenvalue weighted by atomic mass is 10.0. The highest BCUT2D eigenvalue weighted by Crippen LogP contribution is 2.26. The fraction of sp³-hybridized carbons (Fsp3) is 0.417. The number of pyridine rings is 1. The second kappa shape index (κ2) is 10.2. The van der Waals surface area contributed by atoms with Crippen molar-refractivity contribution in [1.29, 1.82) is 0 Å². The summed E-state index contributed by atoms with van der Waals surface area (Å²) in [6.07, 6.45) is 2.15. The van der Waals surface area contributed by atoms with Crippen LogP contribution in [0.15, 0.2) is 24.4 Å². The molecule has 7 nitrogen and oxygen atoms in total. The zero-order valence-corrected chi connectivity index (χ0v) is 19.8.